The Hall–Kier alpha value is -2.10. The summed E-state index contributed by atoms with van der Waals surface area (Å²) in [4.78, 5) is 15.8. The van der Waals surface area contributed by atoms with E-state index in [1.807, 2.05) is 18.2 Å². The van der Waals surface area contributed by atoms with Crippen LogP contribution >= 0.6 is 0 Å². The van der Waals surface area contributed by atoms with Crippen molar-refractivity contribution in [3.63, 3.8) is 0 Å². The molecule has 20 heavy (non-hydrogen) atoms. The molecule has 1 heterocycles. The topological polar surface area (TPSA) is 48.4 Å². The van der Waals surface area contributed by atoms with Crippen LogP contribution in [0.2, 0.25) is 0 Å². The first kappa shape index (κ1) is 12.9. The zero-order valence-electron chi connectivity index (χ0n) is 10.7. The van der Waals surface area contributed by atoms with Crippen molar-refractivity contribution in [2.45, 2.75) is 0 Å². The summed E-state index contributed by atoms with van der Waals surface area (Å²) in [7, 11) is 1.36. The van der Waals surface area contributed by atoms with Crippen LogP contribution in [0, 0.1) is 0 Å². The number of carbonyl (C=O) groups is 1. The Bertz CT molecular complexity index is 716. The average molecular weight is 332 g/mol. The Morgan fingerprint density at radius 1 is 1.10 bits per heavy atom. The maximum absolute atomic E-state index is 11.3. The van der Waals surface area contributed by atoms with E-state index in [-0.39, 0.29) is 20.5 Å². The SMILES string of the molecule is COC(=O)c1ccc(Oc2nc3ccccc3[se]2)cc1. The van der Waals surface area contributed by atoms with Gasteiger partial charge in [0.1, 0.15) is 0 Å². The Labute approximate surface area is 121 Å². The quantitative estimate of drug-likeness (QED) is 0.547. The molecule has 0 amide bonds. The molecule has 0 aliphatic heterocycles. The number of hydrogen-bond acceptors (Lipinski definition) is 4. The van der Waals surface area contributed by atoms with Gasteiger partial charge in [0, 0.05) is 0 Å². The van der Waals surface area contributed by atoms with Crippen LogP contribution in [-0.4, -0.2) is 32.6 Å². The van der Waals surface area contributed by atoms with E-state index in [0.29, 0.717) is 11.3 Å². The summed E-state index contributed by atoms with van der Waals surface area (Å²) >= 11 is 0.0949. The molecule has 0 saturated heterocycles. The molecule has 0 unspecified atom stereocenters. The molecule has 0 saturated carbocycles. The number of nitrogens with zero attached hydrogens (tertiary/aromatic N) is 1. The van der Waals surface area contributed by atoms with Crippen molar-refractivity contribution in [2.75, 3.05) is 7.11 Å². The molecule has 3 rings (SSSR count). The number of rotatable bonds is 3. The number of benzene rings is 2. The van der Waals surface area contributed by atoms with Gasteiger partial charge in [-0.1, -0.05) is 0 Å². The Morgan fingerprint density at radius 3 is 2.55 bits per heavy atom. The van der Waals surface area contributed by atoms with Crippen molar-refractivity contribution in [1.29, 1.82) is 0 Å². The van der Waals surface area contributed by atoms with Gasteiger partial charge in [0.2, 0.25) is 0 Å². The van der Waals surface area contributed by atoms with Crippen molar-refractivity contribution >= 4 is 30.2 Å². The van der Waals surface area contributed by atoms with Gasteiger partial charge in [-0.15, -0.1) is 0 Å². The normalized spacial score (nSPS) is 10.4. The number of methoxy groups -OCH3 is 1. The van der Waals surface area contributed by atoms with E-state index in [9.17, 15) is 4.79 Å². The Balaban J connectivity index is 1.82. The third kappa shape index (κ3) is 2.59. The second-order valence-electron chi connectivity index (χ2n) is 4.07. The third-order valence-electron chi connectivity index (χ3n) is 2.75. The van der Waals surface area contributed by atoms with Crippen LogP contribution in [0.5, 0.6) is 10.5 Å². The standard InChI is InChI=1S/C15H11NO3Se/c1-18-14(17)10-6-8-11(9-7-10)19-15-16-12-4-2-3-5-13(12)20-15/h2-9H,1H3. The number of carbonyl (C=O) groups excluding carboxylic acids is 1. The molecule has 1 aromatic heterocycles. The van der Waals surface area contributed by atoms with Crippen LogP contribution in [0.15, 0.2) is 48.5 Å². The maximum atomic E-state index is 11.3. The number of para-hydroxylation sites is 1. The summed E-state index contributed by atoms with van der Waals surface area (Å²) in [6, 6.07) is 14.9. The van der Waals surface area contributed by atoms with E-state index in [1.165, 1.54) is 11.4 Å². The van der Waals surface area contributed by atoms with Gasteiger partial charge in [-0.2, -0.15) is 0 Å². The van der Waals surface area contributed by atoms with Gasteiger partial charge in [-0.05, 0) is 0 Å². The molecule has 2 aromatic carbocycles. The third-order valence-corrected chi connectivity index (χ3v) is 4.67. The van der Waals surface area contributed by atoms with E-state index in [2.05, 4.69) is 15.8 Å². The number of ether oxygens (including phenoxy) is 2. The van der Waals surface area contributed by atoms with Gasteiger partial charge in [0.25, 0.3) is 0 Å². The van der Waals surface area contributed by atoms with Crippen LogP contribution in [0.4, 0.5) is 0 Å². The van der Waals surface area contributed by atoms with E-state index in [0.717, 1.165) is 10.3 Å². The Kier molecular flexibility index (Phi) is 3.54. The average Bonchev–Trinajstić information content (AvgIpc) is 2.89. The molecule has 0 radical (unpaired) electrons. The van der Waals surface area contributed by atoms with Gasteiger partial charge in [0.05, 0.1) is 0 Å². The Morgan fingerprint density at radius 2 is 1.85 bits per heavy atom. The molecule has 3 aromatic rings. The molecule has 5 heteroatoms. The van der Waals surface area contributed by atoms with E-state index in [1.54, 1.807) is 24.3 Å². The molecule has 0 N–H and O–H groups in total. The summed E-state index contributed by atoms with van der Waals surface area (Å²) in [6.45, 7) is 0. The molecule has 0 aliphatic rings. The summed E-state index contributed by atoms with van der Waals surface area (Å²) in [5, 5.41) is 0. The van der Waals surface area contributed by atoms with Crippen LogP contribution < -0.4 is 4.74 Å². The van der Waals surface area contributed by atoms with Crippen molar-refractivity contribution in [1.82, 2.24) is 4.98 Å². The molecule has 0 bridgehead atoms. The van der Waals surface area contributed by atoms with Crippen molar-refractivity contribution in [3.8, 4) is 10.5 Å². The zero-order chi connectivity index (χ0) is 13.9. The van der Waals surface area contributed by atoms with Gasteiger partial charge in [0.15, 0.2) is 0 Å². The molecule has 0 spiro atoms. The second-order valence-corrected chi connectivity index (χ2v) is 6.15. The van der Waals surface area contributed by atoms with E-state index < -0.39 is 0 Å². The summed E-state index contributed by atoms with van der Waals surface area (Å²) in [6.07, 6.45) is 0. The van der Waals surface area contributed by atoms with Crippen LogP contribution in [0.1, 0.15) is 10.4 Å². The van der Waals surface area contributed by atoms with Crippen LogP contribution in [0.25, 0.3) is 9.78 Å². The van der Waals surface area contributed by atoms with E-state index in [4.69, 9.17) is 4.74 Å². The van der Waals surface area contributed by atoms with Gasteiger partial charge < -0.3 is 0 Å². The monoisotopic (exact) mass is 333 g/mol. The molecular formula is C15H11NO3Se. The van der Waals surface area contributed by atoms with Gasteiger partial charge in [-0.3, -0.25) is 0 Å². The van der Waals surface area contributed by atoms with Gasteiger partial charge in [-0.25, -0.2) is 0 Å². The fraction of sp³-hybridized carbons (Fsp3) is 0.0667. The van der Waals surface area contributed by atoms with Crippen molar-refractivity contribution in [2.24, 2.45) is 0 Å². The molecule has 100 valence electrons. The van der Waals surface area contributed by atoms with Crippen molar-refractivity contribution in [3.05, 3.63) is 54.1 Å². The van der Waals surface area contributed by atoms with Crippen LogP contribution in [-0.2, 0) is 4.74 Å². The van der Waals surface area contributed by atoms with Crippen LogP contribution in [0.3, 0.4) is 0 Å². The number of hydrogen-bond donors (Lipinski definition) is 0. The minimum atomic E-state index is -0.355. The second kappa shape index (κ2) is 5.49. The summed E-state index contributed by atoms with van der Waals surface area (Å²) < 4.78 is 12.4. The van der Waals surface area contributed by atoms with Crippen molar-refractivity contribution < 1.29 is 14.3 Å². The molecule has 0 aliphatic carbocycles. The number of fused-ring (bicyclic) bond motifs is 1. The summed E-state index contributed by atoms with van der Waals surface area (Å²) in [5.74, 6) is 0.317. The molecule has 0 atom stereocenters. The molecular weight excluding hydrogens is 321 g/mol. The van der Waals surface area contributed by atoms with Gasteiger partial charge >= 0.3 is 121 Å². The predicted molar refractivity (Wildman–Crippen MR) is 76.5 cm³/mol. The predicted octanol–water partition coefficient (Wildman–Crippen LogP) is 2.87. The number of esters is 1. The first-order valence-electron chi connectivity index (χ1n) is 5.98. The molecule has 0 fully saturated rings. The zero-order valence-corrected chi connectivity index (χ0v) is 12.4. The minimum absolute atomic E-state index is 0.0949. The first-order valence-corrected chi connectivity index (χ1v) is 7.69. The fourth-order valence-corrected chi connectivity index (χ4v) is 3.52. The number of aromatic nitrogens is 1. The fourth-order valence-electron chi connectivity index (χ4n) is 1.77. The molecule has 4 nitrogen and oxygen atoms in total. The van der Waals surface area contributed by atoms with E-state index >= 15 is 0 Å². The first-order chi connectivity index (χ1) is 9.76. The summed E-state index contributed by atoms with van der Waals surface area (Å²) in [5.41, 5.74) is 1.48.